The van der Waals surface area contributed by atoms with Crippen molar-refractivity contribution in [3.63, 3.8) is 0 Å². The van der Waals surface area contributed by atoms with Crippen molar-refractivity contribution >= 4 is 17.0 Å². The fourth-order valence-electron chi connectivity index (χ4n) is 5.24. The second kappa shape index (κ2) is 14.6. The summed E-state index contributed by atoms with van der Waals surface area (Å²) in [4.78, 5) is 20.8. The first-order chi connectivity index (χ1) is 23.8. The van der Waals surface area contributed by atoms with Crippen molar-refractivity contribution in [2.24, 2.45) is 0 Å². The molecule has 0 saturated carbocycles. The molecule has 0 spiro atoms. The summed E-state index contributed by atoms with van der Waals surface area (Å²) in [6.45, 7) is 0.612. The molecule has 10 heteroatoms. The summed E-state index contributed by atoms with van der Waals surface area (Å²) in [6.07, 6.45) is 0.146. The summed E-state index contributed by atoms with van der Waals surface area (Å²) in [5.74, 6) is 4.82. The van der Waals surface area contributed by atoms with E-state index in [4.69, 9.17) is 14.7 Å². The zero-order valence-electron chi connectivity index (χ0n) is 26.3. The first kappa shape index (κ1) is 32.6. The molecule has 6 aromatic rings. The van der Waals surface area contributed by atoms with Gasteiger partial charge in [-0.25, -0.2) is 23.5 Å². The first-order valence-electron chi connectivity index (χ1n) is 15.2. The van der Waals surface area contributed by atoms with E-state index in [1.54, 1.807) is 43.5 Å². The molecule has 0 aliphatic heterocycles. The van der Waals surface area contributed by atoms with Gasteiger partial charge in [0.05, 0.1) is 40.5 Å². The Kier molecular flexibility index (Phi) is 9.70. The topological polar surface area (TPSA) is 110 Å². The predicted molar refractivity (Wildman–Crippen MR) is 179 cm³/mol. The van der Waals surface area contributed by atoms with Crippen molar-refractivity contribution in [3.05, 3.63) is 148 Å². The van der Waals surface area contributed by atoms with Crippen LogP contribution in [0.25, 0.3) is 22.3 Å². The van der Waals surface area contributed by atoms with Crippen LogP contribution in [0.15, 0.2) is 97.1 Å². The summed E-state index contributed by atoms with van der Waals surface area (Å²) < 4.78 is 43.3. The number of nitriles is 1. The standard InChI is InChI=1S/C39H28F2N4O4/c1-48-16-15-45-36-21-30(39(46)47)13-14-34(36)43-37(45)22-28-11-12-29(20-33(28)41)35-18-26(8-7-25-5-3-2-4-6-25)19-38(44-35)49-24-31-10-9-27(23-42)17-32(31)40/h2-6,9-14,17-21H,15-16,22,24H2,1H3,(H,46,47). The number of imidazole rings is 1. The largest absolute Gasteiger partial charge is 0.478 e. The number of hydrogen-bond acceptors (Lipinski definition) is 6. The highest BCUT2D eigenvalue weighted by molar-refractivity contribution is 5.92. The minimum Gasteiger partial charge on any atom is -0.478 e. The van der Waals surface area contributed by atoms with Crippen molar-refractivity contribution in [1.29, 1.82) is 5.26 Å². The Morgan fingerprint density at radius 2 is 1.63 bits per heavy atom. The number of aromatic nitrogens is 3. The lowest BCUT2D eigenvalue weighted by molar-refractivity contribution is 0.0697. The van der Waals surface area contributed by atoms with Gasteiger partial charge < -0.3 is 19.1 Å². The van der Waals surface area contributed by atoms with Crippen LogP contribution in [0.2, 0.25) is 0 Å². The molecule has 4 aromatic carbocycles. The molecule has 0 fully saturated rings. The average molecular weight is 655 g/mol. The third-order valence-electron chi connectivity index (χ3n) is 7.78. The Morgan fingerprint density at radius 1 is 0.857 bits per heavy atom. The van der Waals surface area contributed by atoms with E-state index in [0.717, 1.165) is 11.6 Å². The fraction of sp³-hybridized carbons (Fsp3) is 0.128. The molecule has 242 valence electrons. The highest BCUT2D eigenvalue weighted by Gasteiger charge is 2.17. The molecule has 0 atom stereocenters. The Labute approximate surface area is 280 Å². The minimum atomic E-state index is -1.05. The van der Waals surface area contributed by atoms with E-state index >= 15 is 4.39 Å². The zero-order chi connectivity index (χ0) is 34.3. The quantitative estimate of drug-likeness (QED) is 0.156. The number of carboxylic acids is 1. The van der Waals surface area contributed by atoms with E-state index in [9.17, 15) is 14.3 Å². The average Bonchev–Trinajstić information content (AvgIpc) is 3.46. The second-order valence-corrected chi connectivity index (χ2v) is 11.1. The van der Waals surface area contributed by atoms with Crippen LogP contribution in [0.1, 0.15) is 44.0 Å². The van der Waals surface area contributed by atoms with E-state index in [-0.39, 0.29) is 35.6 Å². The summed E-state index contributed by atoms with van der Waals surface area (Å²) in [6, 6.07) is 28.3. The number of carbonyl (C=O) groups is 1. The molecule has 6 rings (SSSR count). The molecular formula is C39H28F2N4O4. The van der Waals surface area contributed by atoms with Crippen LogP contribution < -0.4 is 4.74 Å². The lowest BCUT2D eigenvalue weighted by Gasteiger charge is -2.12. The number of pyridine rings is 1. The Bertz CT molecular complexity index is 2280. The maximum atomic E-state index is 15.8. The van der Waals surface area contributed by atoms with Crippen LogP contribution in [-0.4, -0.2) is 39.3 Å². The molecule has 0 radical (unpaired) electrons. The number of halogens is 2. The molecule has 2 aromatic heterocycles. The molecule has 8 nitrogen and oxygen atoms in total. The maximum absolute atomic E-state index is 15.8. The third-order valence-corrected chi connectivity index (χ3v) is 7.78. The van der Waals surface area contributed by atoms with E-state index in [0.29, 0.717) is 52.4 Å². The Hall–Kier alpha value is -6.36. The van der Waals surface area contributed by atoms with Crippen LogP contribution in [0.3, 0.4) is 0 Å². The molecule has 0 aliphatic rings. The van der Waals surface area contributed by atoms with Gasteiger partial charge in [-0.15, -0.1) is 0 Å². The predicted octanol–water partition coefficient (Wildman–Crippen LogP) is 7.16. The lowest BCUT2D eigenvalue weighted by atomic mass is 10.0. The van der Waals surface area contributed by atoms with Crippen LogP contribution in [-0.2, 0) is 24.3 Å². The fourth-order valence-corrected chi connectivity index (χ4v) is 5.24. The summed E-state index contributed by atoms with van der Waals surface area (Å²) in [7, 11) is 1.57. The van der Waals surface area contributed by atoms with Gasteiger partial charge >= 0.3 is 5.97 Å². The number of nitrogens with zero attached hydrogens (tertiary/aromatic N) is 4. The van der Waals surface area contributed by atoms with E-state index < -0.39 is 17.6 Å². The van der Waals surface area contributed by atoms with Crippen LogP contribution in [0.4, 0.5) is 8.78 Å². The summed E-state index contributed by atoms with van der Waals surface area (Å²) in [5.41, 5.74) is 4.39. The number of ether oxygens (including phenoxy) is 2. The molecule has 1 N–H and O–H groups in total. The molecule has 0 aliphatic carbocycles. The van der Waals surface area contributed by atoms with Crippen molar-refractivity contribution < 1.29 is 28.2 Å². The molecule has 0 bridgehead atoms. The number of rotatable bonds is 10. The number of hydrogen-bond donors (Lipinski definition) is 1. The van der Waals surface area contributed by atoms with Gasteiger partial charge in [0.1, 0.15) is 24.1 Å². The number of aromatic carboxylic acids is 1. The summed E-state index contributed by atoms with van der Waals surface area (Å²) >= 11 is 0. The summed E-state index contributed by atoms with van der Waals surface area (Å²) in [5, 5.41) is 18.5. The number of fused-ring (bicyclic) bond motifs is 1. The first-order valence-corrected chi connectivity index (χ1v) is 15.2. The van der Waals surface area contributed by atoms with Crippen LogP contribution in [0.5, 0.6) is 5.88 Å². The number of carboxylic acid groups (broad SMARTS) is 1. The Balaban J connectivity index is 1.32. The molecule has 0 saturated heterocycles. The van der Waals surface area contributed by atoms with Gasteiger partial charge in [-0.2, -0.15) is 5.26 Å². The number of benzene rings is 4. The van der Waals surface area contributed by atoms with Gasteiger partial charge in [-0.3, -0.25) is 0 Å². The van der Waals surface area contributed by atoms with Gasteiger partial charge in [0.2, 0.25) is 5.88 Å². The van der Waals surface area contributed by atoms with Gasteiger partial charge in [0.25, 0.3) is 0 Å². The number of methoxy groups -OCH3 is 1. The third kappa shape index (κ3) is 7.62. The van der Waals surface area contributed by atoms with Crippen LogP contribution in [0, 0.1) is 34.8 Å². The normalized spacial score (nSPS) is 10.7. The van der Waals surface area contributed by atoms with Gasteiger partial charge in [-0.05, 0) is 60.2 Å². The molecule has 2 heterocycles. The SMILES string of the molecule is COCCn1c(Cc2ccc(-c3cc(C#Cc4ccccc4)cc(OCc4ccc(C#N)cc4F)n3)cc2F)nc2ccc(C(=O)O)cc21. The molecule has 0 unspecified atom stereocenters. The molecule has 0 amide bonds. The zero-order valence-corrected chi connectivity index (χ0v) is 26.3. The van der Waals surface area contributed by atoms with Gasteiger partial charge in [0, 0.05) is 48.4 Å². The van der Waals surface area contributed by atoms with Gasteiger partial charge in [0.15, 0.2) is 0 Å². The molecular weight excluding hydrogens is 626 g/mol. The second-order valence-electron chi connectivity index (χ2n) is 11.1. The smallest absolute Gasteiger partial charge is 0.335 e. The highest BCUT2D eigenvalue weighted by Crippen LogP contribution is 2.27. The Morgan fingerprint density at radius 3 is 2.37 bits per heavy atom. The minimum absolute atomic E-state index is 0.127. The van der Waals surface area contributed by atoms with Crippen molar-refractivity contribution in [3.8, 4) is 35.0 Å². The van der Waals surface area contributed by atoms with Gasteiger partial charge in [-0.1, -0.05) is 48.2 Å². The maximum Gasteiger partial charge on any atom is 0.335 e. The van der Waals surface area contributed by atoms with E-state index in [1.807, 2.05) is 41.0 Å². The van der Waals surface area contributed by atoms with Crippen molar-refractivity contribution in [1.82, 2.24) is 14.5 Å². The highest BCUT2D eigenvalue weighted by atomic mass is 19.1. The molecule has 49 heavy (non-hydrogen) atoms. The van der Waals surface area contributed by atoms with Crippen LogP contribution >= 0.6 is 0 Å². The van der Waals surface area contributed by atoms with E-state index in [2.05, 4.69) is 21.8 Å². The van der Waals surface area contributed by atoms with Crippen molar-refractivity contribution in [2.75, 3.05) is 13.7 Å². The van der Waals surface area contributed by atoms with E-state index in [1.165, 1.54) is 24.3 Å². The van der Waals surface area contributed by atoms with Crippen molar-refractivity contribution in [2.45, 2.75) is 19.6 Å². The monoisotopic (exact) mass is 654 g/mol. The lowest BCUT2D eigenvalue weighted by Crippen LogP contribution is -2.10.